The summed E-state index contributed by atoms with van der Waals surface area (Å²) in [4.78, 5) is 13.8. The summed E-state index contributed by atoms with van der Waals surface area (Å²) in [5.41, 5.74) is 6.11. The molecule has 1 fully saturated rings. The van der Waals surface area contributed by atoms with E-state index in [9.17, 15) is 4.79 Å². The molecule has 1 atom stereocenters. The van der Waals surface area contributed by atoms with Crippen LogP contribution in [0.25, 0.3) is 0 Å². The van der Waals surface area contributed by atoms with Crippen LogP contribution in [0, 0.1) is 11.3 Å². The van der Waals surface area contributed by atoms with Gasteiger partial charge < -0.3 is 10.6 Å². The molecule has 3 heteroatoms. The van der Waals surface area contributed by atoms with Gasteiger partial charge in [-0.25, -0.2) is 0 Å². The summed E-state index contributed by atoms with van der Waals surface area (Å²) in [6.07, 6.45) is 1.09. The van der Waals surface area contributed by atoms with Gasteiger partial charge in [0, 0.05) is 13.1 Å². The SMILES string of the molecule is CC(C)[C@@H](N)C(=O)N1CCC(C)(C)C1. The van der Waals surface area contributed by atoms with Crippen LogP contribution in [-0.2, 0) is 4.79 Å². The fourth-order valence-corrected chi connectivity index (χ4v) is 1.80. The summed E-state index contributed by atoms with van der Waals surface area (Å²) < 4.78 is 0. The molecule has 1 rings (SSSR count). The van der Waals surface area contributed by atoms with E-state index < -0.39 is 0 Å². The second kappa shape index (κ2) is 3.89. The summed E-state index contributed by atoms with van der Waals surface area (Å²) in [6, 6.07) is -0.330. The van der Waals surface area contributed by atoms with Crippen LogP contribution < -0.4 is 5.73 Å². The van der Waals surface area contributed by atoms with Crippen molar-refractivity contribution in [3.63, 3.8) is 0 Å². The van der Waals surface area contributed by atoms with Crippen LogP contribution in [0.1, 0.15) is 34.1 Å². The monoisotopic (exact) mass is 198 g/mol. The van der Waals surface area contributed by atoms with E-state index in [2.05, 4.69) is 13.8 Å². The zero-order valence-electron chi connectivity index (χ0n) is 9.71. The fourth-order valence-electron chi connectivity index (χ4n) is 1.80. The Morgan fingerprint density at radius 2 is 2.00 bits per heavy atom. The fraction of sp³-hybridized carbons (Fsp3) is 0.909. The lowest BCUT2D eigenvalue weighted by atomic mass is 9.93. The first-order chi connectivity index (χ1) is 6.33. The third-order valence-electron chi connectivity index (χ3n) is 2.99. The molecule has 0 saturated carbocycles. The Labute approximate surface area is 86.6 Å². The van der Waals surface area contributed by atoms with Gasteiger partial charge >= 0.3 is 0 Å². The molecule has 1 aliphatic rings. The third kappa shape index (κ3) is 2.47. The average molecular weight is 198 g/mol. The first-order valence-corrected chi connectivity index (χ1v) is 5.38. The lowest BCUT2D eigenvalue weighted by Crippen LogP contribution is -2.45. The normalized spacial score (nSPS) is 22.9. The van der Waals surface area contributed by atoms with Gasteiger partial charge in [0.15, 0.2) is 0 Å². The van der Waals surface area contributed by atoms with Crippen LogP contribution in [0.3, 0.4) is 0 Å². The Morgan fingerprint density at radius 3 is 2.36 bits per heavy atom. The largest absolute Gasteiger partial charge is 0.341 e. The molecule has 0 bridgehead atoms. The predicted molar refractivity (Wildman–Crippen MR) is 57.8 cm³/mol. The Hall–Kier alpha value is -0.570. The van der Waals surface area contributed by atoms with Gasteiger partial charge in [-0.15, -0.1) is 0 Å². The first-order valence-electron chi connectivity index (χ1n) is 5.38. The number of hydrogen-bond donors (Lipinski definition) is 1. The van der Waals surface area contributed by atoms with Crippen molar-refractivity contribution < 1.29 is 4.79 Å². The molecule has 82 valence electrons. The summed E-state index contributed by atoms with van der Waals surface area (Å²) in [5.74, 6) is 0.344. The average Bonchev–Trinajstić information content (AvgIpc) is 2.43. The zero-order chi connectivity index (χ0) is 10.9. The molecule has 0 aromatic carbocycles. The molecule has 1 heterocycles. The number of carbonyl (C=O) groups excluding carboxylic acids is 1. The van der Waals surface area contributed by atoms with E-state index in [1.54, 1.807) is 0 Å². The third-order valence-corrected chi connectivity index (χ3v) is 2.99. The number of nitrogens with zero attached hydrogens (tertiary/aromatic N) is 1. The minimum absolute atomic E-state index is 0.116. The number of hydrogen-bond acceptors (Lipinski definition) is 2. The Morgan fingerprint density at radius 1 is 1.43 bits per heavy atom. The van der Waals surface area contributed by atoms with E-state index in [4.69, 9.17) is 5.73 Å². The van der Waals surface area contributed by atoms with Gasteiger partial charge in [0.25, 0.3) is 0 Å². The highest BCUT2D eigenvalue weighted by molar-refractivity contribution is 5.82. The van der Waals surface area contributed by atoms with E-state index >= 15 is 0 Å². The number of carbonyl (C=O) groups is 1. The molecule has 0 unspecified atom stereocenters. The summed E-state index contributed by atoms with van der Waals surface area (Å²) in [7, 11) is 0. The number of rotatable bonds is 2. The van der Waals surface area contributed by atoms with Crippen molar-refractivity contribution in [3.8, 4) is 0 Å². The van der Waals surface area contributed by atoms with Crippen molar-refractivity contribution in [1.29, 1.82) is 0 Å². The molecule has 0 radical (unpaired) electrons. The van der Waals surface area contributed by atoms with Crippen LogP contribution >= 0.6 is 0 Å². The molecule has 14 heavy (non-hydrogen) atoms. The van der Waals surface area contributed by atoms with E-state index in [0.717, 1.165) is 19.5 Å². The molecule has 1 saturated heterocycles. The van der Waals surface area contributed by atoms with Crippen LogP contribution in [-0.4, -0.2) is 29.9 Å². The molecule has 0 aromatic rings. The highest BCUT2D eigenvalue weighted by Gasteiger charge is 2.34. The van der Waals surface area contributed by atoms with Crippen LogP contribution in [0.4, 0.5) is 0 Å². The highest BCUT2D eigenvalue weighted by Crippen LogP contribution is 2.29. The molecule has 1 amide bonds. The second-order valence-electron chi connectivity index (χ2n) is 5.44. The van der Waals surface area contributed by atoms with Crippen molar-refractivity contribution in [2.45, 2.75) is 40.2 Å². The predicted octanol–water partition coefficient (Wildman–Crippen LogP) is 1.23. The molecular weight excluding hydrogens is 176 g/mol. The van der Waals surface area contributed by atoms with E-state index in [0.29, 0.717) is 0 Å². The van der Waals surface area contributed by atoms with Crippen LogP contribution in [0.2, 0.25) is 0 Å². The standard InChI is InChI=1S/C11H22N2O/c1-8(2)9(12)10(14)13-6-5-11(3,4)7-13/h8-9H,5-7,12H2,1-4H3/t9-/m1/s1. The van der Waals surface area contributed by atoms with E-state index in [-0.39, 0.29) is 23.3 Å². The van der Waals surface area contributed by atoms with Gasteiger partial charge in [-0.1, -0.05) is 27.7 Å². The summed E-state index contributed by atoms with van der Waals surface area (Å²) in [5, 5.41) is 0. The van der Waals surface area contributed by atoms with E-state index in [1.807, 2.05) is 18.7 Å². The van der Waals surface area contributed by atoms with E-state index in [1.165, 1.54) is 0 Å². The Bertz CT molecular complexity index is 223. The van der Waals surface area contributed by atoms with Crippen molar-refractivity contribution in [2.24, 2.45) is 17.1 Å². The summed E-state index contributed by atoms with van der Waals surface area (Å²) in [6.45, 7) is 10.1. The lowest BCUT2D eigenvalue weighted by molar-refractivity contribution is -0.132. The van der Waals surface area contributed by atoms with Crippen LogP contribution in [0.5, 0.6) is 0 Å². The number of nitrogens with two attached hydrogens (primary N) is 1. The molecule has 1 aliphatic heterocycles. The second-order valence-corrected chi connectivity index (χ2v) is 5.44. The quantitative estimate of drug-likeness (QED) is 0.725. The maximum atomic E-state index is 11.9. The number of likely N-dealkylation sites (tertiary alicyclic amines) is 1. The Balaban J connectivity index is 2.56. The highest BCUT2D eigenvalue weighted by atomic mass is 16.2. The van der Waals surface area contributed by atoms with Gasteiger partial charge in [-0.3, -0.25) is 4.79 Å². The molecule has 2 N–H and O–H groups in total. The minimum atomic E-state index is -0.330. The maximum Gasteiger partial charge on any atom is 0.239 e. The molecule has 0 aromatic heterocycles. The number of amides is 1. The van der Waals surface area contributed by atoms with Gasteiger partial charge in [-0.2, -0.15) is 0 Å². The summed E-state index contributed by atoms with van der Waals surface area (Å²) >= 11 is 0. The Kier molecular flexibility index (Phi) is 3.20. The van der Waals surface area contributed by atoms with Crippen molar-refractivity contribution >= 4 is 5.91 Å². The van der Waals surface area contributed by atoms with Gasteiger partial charge in [0.05, 0.1) is 6.04 Å². The van der Waals surface area contributed by atoms with Crippen molar-refractivity contribution in [2.75, 3.05) is 13.1 Å². The molecule has 0 spiro atoms. The molecular formula is C11H22N2O. The first kappa shape index (κ1) is 11.5. The van der Waals surface area contributed by atoms with Crippen LogP contribution in [0.15, 0.2) is 0 Å². The maximum absolute atomic E-state index is 11.9. The van der Waals surface area contributed by atoms with Gasteiger partial charge in [0.1, 0.15) is 0 Å². The zero-order valence-corrected chi connectivity index (χ0v) is 9.71. The minimum Gasteiger partial charge on any atom is -0.341 e. The lowest BCUT2D eigenvalue weighted by Gasteiger charge is -2.24. The molecule has 0 aliphatic carbocycles. The van der Waals surface area contributed by atoms with Crippen molar-refractivity contribution in [1.82, 2.24) is 4.90 Å². The topological polar surface area (TPSA) is 46.3 Å². The van der Waals surface area contributed by atoms with Gasteiger partial charge in [0.2, 0.25) is 5.91 Å². The van der Waals surface area contributed by atoms with Gasteiger partial charge in [-0.05, 0) is 17.8 Å². The molecule has 3 nitrogen and oxygen atoms in total. The van der Waals surface area contributed by atoms with Crippen molar-refractivity contribution in [3.05, 3.63) is 0 Å². The smallest absolute Gasteiger partial charge is 0.239 e.